The molecule has 0 fully saturated rings. The molecule has 7 heteroatoms. The third-order valence-corrected chi connectivity index (χ3v) is 5.05. The fraction of sp³-hybridized carbons (Fsp3) is 0.136. The molecule has 0 spiro atoms. The van der Waals surface area contributed by atoms with Gasteiger partial charge in [0.05, 0.1) is 35.5 Å². The maximum atomic E-state index is 13.0. The van der Waals surface area contributed by atoms with Gasteiger partial charge >= 0.3 is 5.97 Å². The lowest BCUT2D eigenvalue weighted by atomic mass is 10.1. The molecule has 0 atom stereocenters. The van der Waals surface area contributed by atoms with Crippen LogP contribution in [0.15, 0.2) is 48.5 Å². The Morgan fingerprint density at radius 3 is 2.62 bits per heavy atom. The van der Waals surface area contributed by atoms with E-state index in [1.807, 2.05) is 18.2 Å². The molecule has 0 bridgehead atoms. The molecule has 0 saturated heterocycles. The molecule has 0 unspecified atom stereocenters. The standard InChI is InChI=1S/C22H17ClN2O4/c1-29-18-7-6-12(8-16(18)23)11-24-17-9-13(10-19(26)27)25-21-14-4-2-3-5-15(14)22(28)20(17)21/h2-9H,10-11H2,1H3,(H,24,25)(H,26,27). The van der Waals surface area contributed by atoms with Crippen molar-refractivity contribution in [2.45, 2.75) is 13.0 Å². The van der Waals surface area contributed by atoms with Crippen molar-refractivity contribution in [1.82, 2.24) is 4.98 Å². The fourth-order valence-electron chi connectivity index (χ4n) is 3.45. The second-order valence-electron chi connectivity index (χ2n) is 6.65. The predicted molar refractivity (Wildman–Crippen MR) is 110 cm³/mol. The first-order valence-corrected chi connectivity index (χ1v) is 9.32. The van der Waals surface area contributed by atoms with Gasteiger partial charge in [0, 0.05) is 23.4 Å². The zero-order chi connectivity index (χ0) is 20.5. The average Bonchev–Trinajstić information content (AvgIpc) is 2.98. The zero-order valence-corrected chi connectivity index (χ0v) is 16.3. The maximum absolute atomic E-state index is 13.0. The number of hydrogen-bond acceptors (Lipinski definition) is 5. The molecule has 2 aromatic carbocycles. The van der Waals surface area contributed by atoms with Gasteiger partial charge in [-0.3, -0.25) is 14.6 Å². The van der Waals surface area contributed by atoms with E-state index in [1.165, 1.54) is 0 Å². The van der Waals surface area contributed by atoms with Crippen molar-refractivity contribution in [2.24, 2.45) is 0 Å². The number of halogens is 1. The van der Waals surface area contributed by atoms with Crippen LogP contribution in [-0.2, 0) is 17.8 Å². The third-order valence-electron chi connectivity index (χ3n) is 4.76. The number of nitrogens with zero attached hydrogens (tertiary/aromatic N) is 1. The number of carboxylic acids is 1. The van der Waals surface area contributed by atoms with Crippen LogP contribution in [0.1, 0.15) is 27.2 Å². The summed E-state index contributed by atoms with van der Waals surface area (Å²) >= 11 is 6.19. The van der Waals surface area contributed by atoms with Crippen molar-refractivity contribution >= 4 is 29.0 Å². The molecule has 0 aliphatic heterocycles. The minimum absolute atomic E-state index is 0.125. The quantitative estimate of drug-likeness (QED) is 0.497. The lowest BCUT2D eigenvalue weighted by Crippen LogP contribution is -2.09. The highest BCUT2D eigenvalue weighted by molar-refractivity contribution is 6.32. The SMILES string of the molecule is COc1ccc(CNc2cc(CC(=O)O)nc3c2C(=O)c2ccccc2-3)cc1Cl. The Bertz CT molecular complexity index is 1140. The van der Waals surface area contributed by atoms with Crippen LogP contribution in [0, 0.1) is 0 Å². The van der Waals surface area contributed by atoms with Crippen LogP contribution < -0.4 is 10.1 Å². The molecule has 146 valence electrons. The van der Waals surface area contributed by atoms with Gasteiger partial charge in [-0.1, -0.05) is 41.9 Å². The van der Waals surface area contributed by atoms with Crippen molar-refractivity contribution in [3.05, 3.63) is 75.9 Å². The number of hydrogen-bond donors (Lipinski definition) is 2. The number of methoxy groups -OCH3 is 1. The smallest absolute Gasteiger partial charge is 0.309 e. The summed E-state index contributed by atoms with van der Waals surface area (Å²) in [6.07, 6.45) is -0.229. The van der Waals surface area contributed by atoms with Crippen molar-refractivity contribution in [3.63, 3.8) is 0 Å². The van der Waals surface area contributed by atoms with Crippen molar-refractivity contribution in [1.29, 1.82) is 0 Å². The molecule has 1 heterocycles. The maximum Gasteiger partial charge on any atom is 0.309 e. The van der Waals surface area contributed by atoms with Gasteiger partial charge in [-0.25, -0.2) is 0 Å². The number of anilines is 1. The number of aromatic nitrogens is 1. The van der Waals surface area contributed by atoms with Gasteiger partial charge in [-0.15, -0.1) is 0 Å². The molecule has 6 nitrogen and oxygen atoms in total. The Balaban J connectivity index is 1.72. The molecule has 29 heavy (non-hydrogen) atoms. The predicted octanol–water partition coefficient (Wildman–Crippen LogP) is 4.19. The molecule has 2 N–H and O–H groups in total. The van der Waals surface area contributed by atoms with Gasteiger partial charge in [-0.05, 0) is 23.8 Å². The molecule has 4 rings (SSSR count). The number of carbonyl (C=O) groups is 2. The van der Waals surface area contributed by atoms with Gasteiger partial charge < -0.3 is 15.2 Å². The topological polar surface area (TPSA) is 88.5 Å². The van der Waals surface area contributed by atoms with Crippen molar-refractivity contribution in [3.8, 4) is 17.0 Å². The summed E-state index contributed by atoms with van der Waals surface area (Å²) in [4.78, 5) is 28.6. The number of ether oxygens (including phenoxy) is 1. The number of aliphatic carboxylic acids is 1. The Morgan fingerprint density at radius 1 is 1.17 bits per heavy atom. The second-order valence-corrected chi connectivity index (χ2v) is 7.06. The van der Waals surface area contributed by atoms with E-state index in [1.54, 1.807) is 37.4 Å². The summed E-state index contributed by atoms with van der Waals surface area (Å²) in [6, 6.07) is 14.3. The van der Waals surface area contributed by atoms with E-state index in [2.05, 4.69) is 10.3 Å². The molecule has 0 saturated carbocycles. The highest BCUT2D eigenvalue weighted by Crippen LogP contribution is 2.39. The highest BCUT2D eigenvalue weighted by atomic mass is 35.5. The minimum atomic E-state index is -0.983. The summed E-state index contributed by atoms with van der Waals surface area (Å²) in [6.45, 7) is 0.399. The van der Waals surface area contributed by atoms with E-state index in [-0.39, 0.29) is 12.2 Å². The number of carboxylic acid groups (broad SMARTS) is 1. The van der Waals surface area contributed by atoms with Crippen LogP contribution in [0.5, 0.6) is 5.75 Å². The Kier molecular flexibility index (Phi) is 4.94. The van der Waals surface area contributed by atoms with Gasteiger partial charge in [0.25, 0.3) is 0 Å². The van der Waals surface area contributed by atoms with E-state index < -0.39 is 5.97 Å². The first-order valence-electron chi connectivity index (χ1n) is 8.94. The normalized spacial score (nSPS) is 11.7. The largest absolute Gasteiger partial charge is 0.495 e. The summed E-state index contributed by atoms with van der Waals surface area (Å²) in [7, 11) is 1.55. The molecule has 1 aliphatic rings. The average molecular weight is 409 g/mol. The Hall–Kier alpha value is -3.38. The lowest BCUT2D eigenvalue weighted by molar-refractivity contribution is -0.136. The van der Waals surface area contributed by atoms with Crippen LogP contribution in [0.3, 0.4) is 0 Å². The fourth-order valence-corrected chi connectivity index (χ4v) is 3.73. The van der Waals surface area contributed by atoms with Gasteiger partial charge in [-0.2, -0.15) is 0 Å². The number of fused-ring (bicyclic) bond motifs is 3. The summed E-state index contributed by atoms with van der Waals surface area (Å²) in [5.74, 6) is -0.530. The Labute approximate surface area is 172 Å². The van der Waals surface area contributed by atoms with Crippen LogP contribution in [0.2, 0.25) is 5.02 Å². The first-order chi connectivity index (χ1) is 14.0. The molecular formula is C22H17ClN2O4. The Morgan fingerprint density at radius 2 is 1.93 bits per heavy atom. The number of ketones is 1. The van der Waals surface area contributed by atoms with Gasteiger partial charge in [0.15, 0.2) is 5.78 Å². The summed E-state index contributed by atoms with van der Waals surface area (Å²) < 4.78 is 5.16. The van der Waals surface area contributed by atoms with E-state index in [4.69, 9.17) is 16.3 Å². The van der Waals surface area contributed by atoms with Crippen LogP contribution in [-0.4, -0.2) is 29.0 Å². The molecule has 1 aromatic heterocycles. The second kappa shape index (κ2) is 7.56. The van der Waals surface area contributed by atoms with E-state index in [0.717, 1.165) is 11.1 Å². The zero-order valence-electron chi connectivity index (χ0n) is 15.5. The van der Waals surface area contributed by atoms with E-state index in [9.17, 15) is 14.7 Å². The van der Waals surface area contributed by atoms with E-state index >= 15 is 0 Å². The number of benzene rings is 2. The van der Waals surface area contributed by atoms with Gasteiger partial charge in [0.1, 0.15) is 5.75 Å². The summed E-state index contributed by atoms with van der Waals surface area (Å²) in [5.41, 5.74) is 4.09. The number of rotatable bonds is 6. The van der Waals surface area contributed by atoms with Crippen molar-refractivity contribution in [2.75, 3.05) is 12.4 Å². The van der Waals surface area contributed by atoms with Gasteiger partial charge in [0.2, 0.25) is 0 Å². The number of pyridine rings is 1. The first kappa shape index (κ1) is 19.0. The van der Waals surface area contributed by atoms with Crippen LogP contribution >= 0.6 is 11.6 Å². The molecule has 1 aliphatic carbocycles. The minimum Gasteiger partial charge on any atom is -0.495 e. The monoisotopic (exact) mass is 408 g/mol. The number of carbonyl (C=O) groups excluding carboxylic acids is 1. The van der Waals surface area contributed by atoms with Crippen LogP contribution in [0.4, 0.5) is 5.69 Å². The van der Waals surface area contributed by atoms with E-state index in [0.29, 0.717) is 45.5 Å². The lowest BCUT2D eigenvalue weighted by Gasteiger charge is -2.13. The van der Waals surface area contributed by atoms with Crippen molar-refractivity contribution < 1.29 is 19.4 Å². The molecule has 0 amide bonds. The molecular weight excluding hydrogens is 392 g/mol. The molecule has 0 radical (unpaired) electrons. The summed E-state index contributed by atoms with van der Waals surface area (Å²) in [5, 5.41) is 12.9. The molecule has 3 aromatic rings. The number of nitrogens with one attached hydrogen (secondary N) is 1. The third kappa shape index (κ3) is 3.54. The highest BCUT2D eigenvalue weighted by Gasteiger charge is 2.31. The van der Waals surface area contributed by atoms with Crippen LogP contribution in [0.25, 0.3) is 11.3 Å².